The van der Waals surface area contributed by atoms with Crippen LogP contribution in [0.3, 0.4) is 0 Å². The number of likely N-dealkylation sites (tertiary alicyclic amines) is 1. The summed E-state index contributed by atoms with van der Waals surface area (Å²) in [5.41, 5.74) is 1.64. The third-order valence-corrected chi connectivity index (χ3v) is 9.28. The number of morpholine rings is 1. The van der Waals surface area contributed by atoms with Crippen molar-refractivity contribution >= 4 is 11.0 Å². The number of fused-ring (bicyclic) bond motifs is 1. The van der Waals surface area contributed by atoms with Crippen molar-refractivity contribution in [2.45, 2.75) is 62.5 Å². The van der Waals surface area contributed by atoms with Crippen LogP contribution in [-0.2, 0) is 23.0 Å². The van der Waals surface area contributed by atoms with E-state index in [-0.39, 0.29) is 18.0 Å². The highest BCUT2D eigenvalue weighted by molar-refractivity contribution is 5.90. The second-order valence-corrected chi connectivity index (χ2v) is 12.2. The van der Waals surface area contributed by atoms with E-state index in [0.29, 0.717) is 57.7 Å². The van der Waals surface area contributed by atoms with E-state index in [4.69, 9.17) is 9.47 Å². The van der Waals surface area contributed by atoms with E-state index in [9.17, 15) is 18.4 Å². The molecule has 0 spiro atoms. The van der Waals surface area contributed by atoms with Gasteiger partial charge in [-0.15, -0.1) is 0 Å². The van der Waals surface area contributed by atoms with Gasteiger partial charge in [-0.1, -0.05) is 0 Å². The number of aromatic amines is 1. The predicted octanol–water partition coefficient (Wildman–Crippen LogP) is 4.38. The lowest BCUT2D eigenvalue weighted by atomic mass is 9.69. The van der Waals surface area contributed by atoms with Crippen molar-refractivity contribution in [3.8, 4) is 23.2 Å². The van der Waals surface area contributed by atoms with E-state index < -0.39 is 17.4 Å². The number of hydrogen-bond donors (Lipinski definition) is 1. The molecule has 0 radical (unpaired) electrons. The molecule has 7 rings (SSSR count). The van der Waals surface area contributed by atoms with E-state index in [1.54, 1.807) is 12.3 Å². The number of nitrogens with zero attached hydrogens (tertiary/aromatic N) is 8. The summed E-state index contributed by atoms with van der Waals surface area (Å²) in [6.07, 6.45) is 5.64. The lowest BCUT2D eigenvalue weighted by molar-refractivity contribution is -0.141. The minimum Gasteiger partial charge on any atom is -0.474 e. The minimum absolute atomic E-state index is 0.0262. The van der Waals surface area contributed by atoms with Gasteiger partial charge in [-0.25, -0.2) is 15.0 Å². The number of nitrogens with one attached hydrogen (secondary N) is 1. The number of hydrogen-bond acceptors (Lipinski definition) is 9. The van der Waals surface area contributed by atoms with Crippen LogP contribution >= 0.6 is 0 Å². The molecule has 0 atom stereocenters. The van der Waals surface area contributed by atoms with E-state index >= 15 is 0 Å². The van der Waals surface area contributed by atoms with Crippen LogP contribution in [0.5, 0.6) is 5.88 Å². The van der Waals surface area contributed by atoms with E-state index in [1.807, 2.05) is 23.1 Å². The number of pyridine rings is 1. The molecule has 0 aromatic carbocycles. The molecule has 0 unspecified atom stereocenters. The Morgan fingerprint density at radius 2 is 1.91 bits per heavy atom. The normalized spacial score (nSPS) is 23.6. The summed E-state index contributed by atoms with van der Waals surface area (Å²) in [7, 11) is 0. The van der Waals surface area contributed by atoms with Gasteiger partial charge in [-0.2, -0.15) is 23.5 Å². The minimum atomic E-state index is -4.55. The van der Waals surface area contributed by atoms with Crippen LogP contribution in [0.2, 0.25) is 0 Å². The SMILES string of the molecule is N#CCC1(n2cc(-c3ncnc4[nH]ccc34)cn2)CC(N2CCC(Oc3cc(CN4CCOCC4)cc(C(F)(F)F)n3)CC2)C1. The van der Waals surface area contributed by atoms with Gasteiger partial charge in [0.05, 0.1) is 43.1 Å². The first kappa shape index (κ1) is 29.6. The Hall–Kier alpha value is -4.06. The average Bonchev–Trinajstić information content (AvgIpc) is 3.70. The Labute approximate surface area is 258 Å². The summed E-state index contributed by atoms with van der Waals surface area (Å²) in [5.74, 6) is 0.0262. The Bertz CT molecular complexity index is 1680. The molecular weight excluding hydrogens is 587 g/mol. The highest BCUT2D eigenvalue weighted by Crippen LogP contribution is 2.45. The highest BCUT2D eigenvalue weighted by Gasteiger charge is 2.49. The van der Waals surface area contributed by atoms with Gasteiger partial charge in [0.1, 0.15) is 23.8 Å². The van der Waals surface area contributed by atoms with Gasteiger partial charge in [0.25, 0.3) is 0 Å². The second kappa shape index (κ2) is 12.0. The zero-order valence-corrected chi connectivity index (χ0v) is 24.7. The number of nitriles is 1. The van der Waals surface area contributed by atoms with Crippen LogP contribution < -0.4 is 4.74 Å². The van der Waals surface area contributed by atoms with Crippen molar-refractivity contribution in [2.24, 2.45) is 0 Å². The third-order valence-electron chi connectivity index (χ3n) is 9.28. The fourth-order valence-corrected chi connectivity index (χ4v) is 6.85. The molecule has 2 aliphatic heterocycles. The van der Waals surface area contributed by atoms with Gasteiger partial charge in [-0.3, -0.25) is 14.5 Å². The number of aromatic nitrogens is 6. The van der Waals surface area contributed by atoms with Crippen molar-refractivity contribution in [1.29, 1.82) is 5.26 Å². The number of rotatable bonds is 8. The maximum atomic E-state index is 13.7. The number of ether oxygens (including phenoxy) is 2. The monoisotopic (exact) mass is 621 g/mol. The molecule has 2 saturated heterocycles. The smallest absolute Gasteiger partial charge is 0.433 e. The maximum absolute atomic E-state index is 13.7. The number of alkyl halides is 3. The zero-order chi connectivity index (χ0) is 31.0. The van der Waals surface area contributed by atoms with E-state index in [2.05, 4.69) is 40.9 Å². The Morgan fingerprint density at radius 3 is 2.67 bits per heavy atom. The fourth-order valence-electron chi connectivity index (χ4n) is 6.85. The molecule has 1 N–H and O–H groups in total. The largest absolute Gasteiger partial charge is 0.474 e. The van der Waals surface area contributed by atoms with Gasteiger partial charge in [0, 0.05) is 68.2 Å². The van der Waals surface area contributed by atoms with Gasteiger partial charge < -0.3 is 14.5 Å². The molecule has 45 heavy (non-hydrogen) atoms. The maximum Gasteiger partial charge on any atom is 0.433 e. The number of halogens is 3. The third kappa shape index (κ3) is 6.12. The molecule has 11 nitrogen and oxygen atoms in total. The molecule has 236 valence electrons. The van der Waals surface area contributed by atoms with Gasteiger partial charge in [-0.05, 0) is 43.4 Å². The summed E-state index contributed by atoms with van der Waals surface area (Å²) in [6, 6.07) is 7.34. The average molecular weight is 622 g/mol. The van der Waals surface area contributed by atoms with Crippen LogP contribution in [0, 0.1) is 11.3 Å². The van der Waals surface area contributed by atoms with Crippen LogP contribution in [0.15, 0.2) is 43.1 Å². The molecule has 1 saturated carbocycles. The molecule has 4 aromatic rings. The van der Waals surface area contributed by atoms with Crippen molar-refractivity contribution in [2.75, 3.05) is 39.4 Å². The Morgan fingerprint density at radius 1 is 1.11 bits per heavy atom. The van der Waals surface area contributed by atoms with Crippen molar-refractivity contribution in [1.82, 2.24) is 39.5 Å². The van der Waals surface area contributed by atoms with Crippen molar-refractivity contribution in [3.05, 3.63) is 54.4 Å². The lowest BCUT2D eigenvalue weighted by Crippen LogP contribution is -2.58. The molecule has 1 aliphatic carbocycles. The molecule has 4 aromatic heterocycles. The summed E-state index contributed by atoms with van der Waals surface area (Å²) in [6.45, 7) is 4.40. The van der Waals surface area contributed by atoms with Gasteiger partial charge in [0.2, 0.25) is 5.88 Å². The van der Waals surface area contributed by atoms with Crippen LogP contribution in [0.25, 0.3) is 22.3 Å². The number of H-pyrrole nitrogens is 1. The van der Waals surface area contributed by atoms with Crippen LogP contribution in [0.1, 0.15) is 43.4 Å². The van der Waals surface area contributed by atoms with Crippen molar-refractivity contribution in [3.63, 3.8) is 0 Å². The molecule has 0 bridgehead atoms. The van der Waals surface area contributed by atoms with Crippen molar-refractivity contribution < 1.29 is 22.6 Å². The van der Waals surface area contributed by atoms with E-state index in [0.717, 1.165) is 54.3 Å². The molecule has 0 amide bonds. The predicted molar refractivity (Wildman–Crippen MR) is 157 cm³/mol. The summed E-state index contributed by atoms with van der Waals surface area (Å²) < 4.78 is 54.4. The summed E-state index contributed by atoms with van der Waals surface area (Å²) in [5, 5.41) is 15.3. The standard InChI is InChI=1S/C31H34F3N9O2/c32-31(33,34)26-13-21(18-41-9-11-44-12-10-41)14-27(40-26)45-24-2-7-42(8-3-24)23-15-30(16-23,4-5-35)43-19-22(17-39-43)28-25-1-6-36-29(25)38-20-37-28/h1,6,13-14,17,19-20,23-24H,2-4,7-12,15-16,18H2,(H,36,37,38). The lowest BCUT2D eigenvalue weighted by Gasteiger charge is -2.52. The summed E-state index contributed by atoms with van der Waals surface area (Å²) in [4.78, 5) is 20.1. The summed E-state index contributed by atoms with van der Waals surface area (Å²) >= 11 is 0. The first-order valence-electron chi connectivity index (χ1n) is 15.3. The Balaban J connectivity index is 0.981. The van der Waals surface area contributed by atoms with Gasteiger partial charge >= 0.3 is 6.18 Å². The quantitative estimate of drug-likeness (QED) is 0.306. The zero-order valence-electron chi connectivity index (χ0n) is 24.7. The molecular formula is C31H34F3N9O2. The van der Waals surface area contributed by atoms with Crippen LogP contribution in [0.4, 0.5) is 13.2 Å². The number of piperidine rings is 1. The highest BCUT2D eigenvalue weighted by atomic mass is 19.4. The topological polar surface area (TPSA) is 121 Å². The first-order chi connectivity index (χ1) is 21.8. The Kier molecular flexibility index (Phi) is 7.93. The molecule has 3 aliphatic rings. The molecule has 3 fully saturated rings. The second-order valence-electron chi connectivity index (χ2n) is 12.2. The van der Waals surface area contributed by atoms with E-state index in [1.165, 1.54) is 6.33 Å². The molecule has 6 heterocycles. The molecule has 14 heteroatoms. The first-order valence-corrected chi connectivity index (χ1v) is 15.3. The van der Waals surface area contributed by atoms with Crippen LogP contribution in [-0.4, -0.2) is 91.1 Å². The van der Waals surface area contributed by atoms with Gasteiger partial charge in [0.15, 0.2) is 0 Å². The fraction of sp³-hybridized carbons (Fsp3) is 0.516.